The molecular formula is C14H27NO. The molecule has 1 rings (SSSR count). The van der Waals surface area contributed by atoms with Gasteiger partial charge in [0.25, 0.3) is 0 Å². The highest BCUT2D eigenvalue weighted by Crippen LogP contribution is 2.23. The number of nitrogens with zero attached hydrogens (tertiary/aromatic N) is 1. The van der Waals surface area contributed by atoms with Crippen LogP contribution in [-0.4, -0.2) is 12.1 Å². The average molecular weight is 225 g/mol. The van der Waals surface area contributed by atoms with Gasteiger partial charge in [0.1, 0.15) is 5.75 Å². The summed E-state index contributed by atoms with van der Waals surface area (Å²) in [6.07, 6.45) is 2.83. The minimum Gasteiger partial charge on any atom is -0.496 e. The average Bonchev–Trinajstić information content (AvgIpc) is 2.35. The molecule has 0 aromatic carbocycles. The summed E-state index contributed by atoms with van der Waals surface area (Å²) in [7, 11) is 1.70. The van der Waals surface area contributed by atoms with E-state index in [1.807, 2.05) is 40.8 Å². The smallest absolute Gasteiger partial charge is 0.128 e. The standard InChI is InChI=1S/C10H15NO.2C2H6/c1-5-9-8(3)10(12-4)7(2)6-11-9;2*1-2/h6H,5H2,1-4H3;2*1-2H3. The van der Waals surface area contributed by atoms with E-state index in [1.54, 1.807) is 7.11 Å². The summed E-state index contributed by atoms with van der Waals surface area (Å²) in [6.45, 7) is 14.2. The Balaban J connectivity index is 0. The number of aromatic nitrogens is 1. The second kappa shape index (κ2) is 10.5. The molecule has 0 aliphatic heterocycles. The van der Waals surface area contributed by atoms with Crippen LogP contribution >= 0.6 is 0 Å². The second-order valence-corrected chi connectivity index (χ2v) is 2.90. The summed E-state index contributed by atoms with van der Waals surface area (Å²) in [5.74, 6) is 0.974. The zero-order valence-electron chi connectivity index (χ0n) is 12.1. The van der Waals surface area contributed by atoms with Crippen LogP contribution in [0.25, 0.3) is 0 Å². The lowest BCUT2D eigenvalue weighted by Gasteiger charge is -2.10. The van der Waals surface area contributed by atoms with Crippen molar-refractivity contribution in [2.24, 2.45) is 0 Å². The Bertz CT molecular complexity index is 282. The molecule has 0 N–H and O–H groups in total. The van der Waals surface area contributed by atoms with Crippen molar-refractivity contribution >= 4 is 0 Å². The van der Waals surface area contributed by atoms with Gasteiger partial charge in [0.2, 0.25) is 0 Å². The van der Waals surface area contributed by atoms with Crippen LogP contribution in [0, 0.1) is 13.8 Å². The van der Waals surface area contributed by atoms with Crippen LogP contribution in [0.15, 0.2) is 6.20 Å². The summed E-state index contributed by atoms with van der Waals surface area (Å²) < 4.78 is 5.28. The van der Waals surface area contributed by atoms with E-state index in [1.165, 1.54) is 5.56 Å². The van der Waals surface area contributed by atoms with Gasteiger partial charge in [-0.3, -0.25) is 4.98 Å². The highest BCUT2D eigenvalue weighted by atomic mass is 16.5. The Labute approximate surface area is 101 Å². The number of hydrogen-bond acceptors (Lipinski definition) is 2. The molecule has 2 nitrogen and oxygen atoms in total. The van der Waals surface area contributed by atoms with Gasteiger partial charge < -0.3 is 4.74 Å². The molecule has 0 saturated carbocycles. The van der Waals surface area contributed by atoms with E-state index in [4.69, 9.17) is 4.74 Å². The number of aryl methyl sites for hydroxylation is 2. The first kappa shape index (κ1) is 17.3. The molecule has 0 spiro atoms. The first-order valence-corrected chi connectivity index (χ1v) is 6.19. The topological polar surface area (TPSA) is 22.1 Å². The highest BCUT2D eigenvalue weighted by Gasteiger charge is 2.06. The van der Waals surface area contributed by atoms with Gasteiger partial charge in [0.15, 0.2) is 0 Å². The molecule has 0 aliphatic carbocycles. The van der Waals surface area contributed by atoms with Crippen LogP contribution in [0.4, 0.5) is 0 Å². The summed E-state index contributed by atoms with van der Waals surface area (Å²) in [4.78, 5) is 4.32. The van der Waals surface area contributed by atoms with Crippen molar-refractivity contribution in [1.82, 2.24) is 4.98 Å². The summed E-state index contributed by atoms with van der Waals surface area (Å²) in [5, 5.41) is 0. The zero-order chi connectivity index (χ0) is 13.1. The predicted octanol–water partition coefficient (Wildman–Crippen LogP) is 4.32. The maximum absolute atomic E-state index is 5.28. The van der Waals surface area contributed by atoms with Crippen LogP contribution < -0.4 is 4.74 Å². The van der Waals surface area contributed by atoms with Crippen LogP contribution in [-0.2, 0) is 6.42 Å². The van der Waals surface area contributed by atoms with Crippen LogP contribution in [0.1, 0.15) is 51.4 Å². The highest BCUT2D eigenvalue weighted by molar-refractivity contribution is 5.40. The Morgan fingerprint density at radius 3 is 2.00 bits per heavy atom. The van der Waals surface area contributed by atoms with E-state index in [2.05, 4.69) is 18.8 Å². The van der Waals surface area contributed by atoms with Gasteiger partial charge in [0, 0.05) is 23.0 Å². The molecule has 0 aliphatic rings. The van der Waals surface area contributed by atoms with Crippen LogP contribution in [0.3, 0.4) is 0 Å². The van der Waals surface area contributed by atoms with E-state index in [0.717, 1.165) is 23.4 Å². The molecule has 1 heterocycles. The molecule has 0 atom stereocenters. The second-order valence-electron chi connectivity index (χ2n) is 2.90. The Hall–Kier alpha value is -1.05. The van der Waals surface area contributed by atoms with Crippen molar-refractivity contribution in [2.45, 2.75) is 54.9 Å². The van der Waals surface area contributed by atoms with Crippen LogP contribution in [0.2, 0.25) is 0 Å². The first-order chi connectivity index (χ1) is 7.70. The van der Waals surface area contributed by atoms with Gasteiger partial charge >= 0.3 is 0 Å². The number of rotatable bonds is 2. The molecule has 0 bridgehead atoms. The predicted molar refractivity (Wildman–Crippen MR) is 72.3 cm³/mol. The fourth-order valence-corrected chi connectivity index (χ4v) is 1.43. The van der Waals surface area contributed by atoms with Crippen molar-refractivity contribution < 1.29 is 4.74 Å². The lowest BCUT2D eigenvalue weighted by atomic mass is 10.1. The van der Waals surface area contributed by atoms with Gasteiger partial charge in [-0.15, -0.1) is 0 Å². The SMILES string of the molecule is CC.CC.CCc1ncc(C)c(OC)c1C. The van der Waals surface area contributed by atoms with E-state index >= 15 is 0 Å². The van der Waals surface area contributed by atoms with Crippen molar-refractivity contribution in [3.05, 3.63) is 23.0 Å². The molecule has 0 unspecified atom stereocenters. The molecule has 0 amide bonds. The Morgan fingerprint density at radius 2 is 1.62 bits per heavy atom. The first-order valence-electron chi connectivity index (χ1n) is 6.19. The fourth-order valence-electron chi connectivity index (χ4n) is 1.43. The minimum atomic E-state index is 0.961. The van der Waals surface area contributed by atoms with Crippen molar-refractivity contribution in [1.29, 1.82) is 0 Å². The van der Waals surface area contributed by atoms with Gasteiger partial charge in [-0.05, 0) is 20.3 Å². The minimum absolute atomic E-state index is 0.961. The quantitative estimate of drug-likeness (QED) is 0.747. The Kier molecular flexibility index (Phi) is 11.3. The number of ether oxygens (including phenoxy) is 1. The van der Waals surface area contributed by atoms with E-state index < -0.39 is 0 Å². The van der Waals surface area contributed by atoms with Crippen molar-refractivity contribution in [3.63, 3.8) is 0 Å². The normalized spacial score (nSPS) is 8.25. The van der Waals surface area contributed by atoms with Gasteiger partial charge in [0.05, 0.1) is 7.11 Å². The van der Waals surface area contributed by atoms with Gasteiger partial charge in [-0.25, -0.2) is 0 Å². The number of hydrogen-bond donors (Lipinski definition) is 0. The molecular weight excluding hydrogens is 198 g/mol. The largest absolute Gasteiger partial charge is 0.496 e. The van der Waals surface area contributed by atoms with Crippen molar-refractivity contribution in [3.8, 4) is 5.75 Å². The third-order valence-electron chi connectivity index (χ3n) is 2.08. The maximum Gasteiger partial charge on any atom is 0.128 e. The van der Waals surface area contributed by atoms with Crippen molar-refractivity contribution in [2.75, 3.05) is 7.11 Å². The summed E-state index contributed by atoms with van der Waals surface area (Å²) >= 11 is 0. The molecule has 0 fully saturated rings. The fraction of sp³-hybridized carbons (Fsp3) is 0.643. The lowest BCUT2D eigenvalue weighted by Crippen LogP contribution is -1.98. The molecule has 0 saturated heterocycles. The molecule has 94 valence electrons. The van der Waals surface area contributed by atoms with E-state index in [-0.39, 0.29) is 0 Å². The lowest BCUT2D eigenvalue weighted by molar-refractivity contribution is 0.407. The van der Waals surface area contributed by atoms with Gasteiger partial charge in [-0.1, -0.05) is 34.6 Å². The van der Waals surface area contributed by atoms with E-state index in [0.29, 0.717) is 0 Å². The molecule has 0 radical (unpaired) electrons. The summed E-state index contributed by atoms with van der Waals surface area (Å²) in [5.41, 5.74) is 3.39. The Morgan fingerprint density at radius 1 is 1.12 bits per heavy atom. The number of methoxy groups -OCH3 is 1. The van der Waals surface area contributed by atoms with Crippen LogP contribution in [0.5, 0.6) is 5.75 Å². The monoisotopic (exact) mass is 225 g/mol. The number of pyridine rings is 1. The molecule has 2 heteroatoms. The zero-order valence-corrected chi connectivity index (χ0v) is 12.1. The molecule has 16 heavy (non-hydrogen) atoms. The van der Waals surface area contributed by atoms with E-state index in [9.17, 15) is 0 Å². The molecule has 1 aromatic rings. The third-order valence-corrected chi connectivity index (χ3v) is 2.08. The maximum atomic E-state index is 5.28. The summed E-state index contributed by atoms with van der Waals surface area (Å²) in [6, 6.07) is 0. The third kappa shape index (κ3) is 4.65. The van der Waals surface area contributed by atoms with Gasteiger partial charge in [-0.2, -0.15) is 0 Å². The molecule has 1 aromatic heterocycles.